The molecule has 146 valence electrons. The van der Waals surface area contributed by atoms with Gasteiger partial charge in [-0.05, 0) is 36.4 Å². The molecular weight excluding hydrogens is 416 g/mol. The van der Waals surface area contributed by atoms with Crippen molar-refractivity contribution in [3.63, 3.8) is 0 Å². The highest BCUT2D eigenvalue weighted by Gasteiger charge is 2.21. The highest BCUT2D eigenvalue weighted by atomic mass is 35.5. The van der Waals surface area contributed by atoms with Crippen molar-refractivity contribution in [3.05, 3.63) is 47.0 Å². The summed E-state index contributed by atoms with van der Waals surface area (Å²) in [5.41, 5.74) is 5.77. The molecule has 3 aromatic rings. The van der Waals surface area contributed by atoms with Crippen LogP contribution in [-0.2, 0) is 0 Å². The van der Waals surface area contributed by atoms with Gasteiger partial charge in [-0.2, -0.15) is 8.78 Å². The molecule has 0 saturated heterocycles. The van der Waals surface area contributed by atoms with E-state index in [1.54, 1.807) is 0 Å². The number of fused-ring (bicyclic) bond motifs is 1. The number of nitrogens with one attached hydrogen (secondary N) is 2. The number of rotatable bonds is 5. The lowest BCUT2D eigenvalue weighted by atomic mass is 10.1. The third-order valence-electron chi connectivity index (χ3n) is 3.59. The lowest BCUT2D eigenvalue weighted by Crippen LogP contribution is -2.21. The minimum atomic E-state index is -2.95. The van der Waals surface area contributed by atoms with Crippen molar-refractivity contribution in [2.75, 3.05) is 10.6 Å². The second-order valence-electron chi connectivity index (χ2n) is 5.43. The first kappa shape index (κ1) is 19.6. The second kappa shape index (κ2) is 7.87. The number of benzene rings is 2. The molecule has 0 unspecified atom stereocenters. The van der Waals surface area contributed by atoms with Gasteiger partial charge in [0.05, 0.1) is 10.3 Å². The SMILES string of the molecule is NC(=O)c1c(NC(=O)Nc2ccc(OC(F)F)cc2)sc2c(Cl)c(O)ccc12. The number of aromatic hydroxyl groups is 1. The molecule has 0 saturated carbocycles. The van der Waals surface area contributed by atoms with Crippen molar-refractivity contribution >= 4 is 55.7 Å². The average Bonchev–Trinajstić information content (AvgIpc) is 2.98. The number of alkyl halides is 2. The van der Waals surface area contributed by atoms with Crippen LogP contribution in [0.2, 0.25) is 5.02 Å². The van der Waals surface area contributed by atoms with Gasteiger partial charge >= 0.3 is 12.6 Å². The Morgan fingerprint density at radius 1 is 1.14 bits per heavy atom. The van der Waals surface area contributed by atoms with E-state index in [1.165, 1.54) is 36.4 Å². The van der Waals surface area contributed by atoms with Crippen molar-refractivity contribution in [2.24, 2.45) is 5.73 Å². The molecule has 1 aromatic heterocycles. The van der Waals surface area contributed by atoms with Crippen LogP contribution in [0.25, 0.3) is 10.1 Å². The molecule has 28 heavy (non-hydrogen) atoms. The summed E-state index contributed by atoms with van der Waals surface area (Å²) < 4.78 is 28.9. The molecule has 0 fully saturated rings. The van der Waals surface area contributed by atoms with E-state index in [0.717, 1.165) is 11.3 Å². The van der Waals surface area contributed by atoms with Crippen molar-refractivity contribution < 1.29 is 28.2 Å². The Morgan fingerprint density at radius 2 is 1.82 bits per heavy atom. The first-order valence-corrected chi connectivity index (χ1v) is 8.82. The van der Waals surface area contributed by atoms with E-state index in [-0.39, 0.29) is 27.1 Å². The predicted octanol–water partition coefficient (Wildman–Crippen LogP) is 4.60. The Bertz CT molecular complexity index is 1060. The van der Waals surface area contributed by atoms with Crippen molar-refractivity contribution in [1.29, 1.82) is 0 Å². The molecule has 0 atom stereocenters. The van der Waals surface area contributed by atoms with Crippen LogP contribution in [0.15, 0.2) is 36.4 Å². The minimum Gasteiger partial charge on any atom is -0.506 e. The molecule has 2 aromatic carbocycles. The summed E-state index contributed by atoms with van der Waals surface area (Å²) in [6.07, 6.45) is 0. The third kappa shape index (κ3) is 4.07. The molecule has 1 heterocycles. The summed E-state index contributed by atoms with van der Waals surface area (Å²) in [6.45, 7) is -2.95. The fourth-order valence-electron chi connectivity index (χ4n) is 2.44. The quantitative estimate of drug-likeness (QED) is 0.476. The molecule has 5 N–H and O–H groups in total. The number of hydrogen-bond acceptors (Lipinski definition) is 5. The summed E-state index contributed by atoms with van der Waals surface area (Å²) in [7, 11) is 0. The van der Waals surface area contributed by atoms with Crippen LogP contribution in [0.3, 0.4) is 0 Å². The maximum atomic E-state index is 12.2. The first-order valence-electron chi connectivity index (χ1n) is 7.63. The topological polar surface area (TPSA) is 114 Å². The molecule has 0 aliphatic carbocycles. The van der Waals surface area contributed by atoms with Gasteiger partial charge in [-0.1, -0.05) is 11.6 Å². The van der Waals surface area contributed by atoms with Crippen LogP contribution >= 0.6 is 22.9 Å². The van der Waals surface area contributed by atoms with Gasteiger partial charge in [0.2, 0.25) is 0 Å². The van der Waals surface area contributed by atoms with E-state index in [0.29, 0.717) is 15.8 Å². The van der Waals surface area contributed by atoms with Crippen LogP contribution in [0.5, 0.6) is 11.5 Å². The van der Waals surface area contributed by atoms with Crippen LogP contribution in [0.4, 0.5) is 24.3 Å². The maximum Gasteiger partial charge on any atom is 0.387 e. The number of ether oxygens (including phenoxy) is 1. The summed E-state index contributed by atoms with van der Waals surface area (Å²) in [5, 5.41) is 15.3. The number of primary amides is 1. The monoisotopic (exact) mass is 427 g/mol. The molecule has 0 bridgehead atoms. The third-order valence-corrected chi connectivity index (χ3v) is 5.22. The fraction of sp³-hybridized carbons (Fsp3) is 0.0588. The number of phenolic OH excluding ortho intramolecular Hbond substituents is 1. The number of phenols is 1. The molecule has 0 radical (unpaired) electrons. The second-order valence-corrected chi connectivity index (χ2v) is 6.83. The van der Waals surface area contributed by atoms with Gasteiger partial charge in [-0.25, -0.2) is 4.79 Å². The van der Waals surface area contributed by atoms with Crippen LogP contribution in [0.1, 0.15) is 10.4 Å². The maximum absolute atomic E-state index is 12.2. The molecule has 11 heteroatoms. The van der Waals surface area contributed by atoms with E-state index >= 15 is 0 Å². The first-order chi connectivity index (χ1) is 13.3. The van der Waals surface area contributed by atoms with Crippen LogP contribution in [0, 0.1) is 0 Å². The van der Waals surface area contributed by atoms with Crippen molar-refractivity contribution in [1.82, 2.24) is 0 Å². The van der Waals surface area contributed by atoms with Gasteiger partial charge in [0.1, 0.15) is 21.5 Å². The van der Waals surface area contributed by atoms with E-state index in [2.05, 4.69) is 15.4 Å². The lowest BCUT2D eigenvalue weighted by molar-refractivity contribution is -0.0498. The van der Waals surface area contributed by atoms with Crippen molar-refractivity contribution in [3.8, 4) is 11.5 Å². The van der Waals surface area contributed by atoms with Crippen LogP contribution < -0.4 is 21.1 Å². The Labute approximate surface area is 165 Å². The number of hydrogen-bond donors (Lipinski definition) is 4. The summed E-state index contributed by atoms with van der Waals surface area (Å²) in [4.78, 5) is 24.1. The normalized spacial score (nSPS) is 10.9. The zero-order valence-corrected chi connectivity index (χ0v) is 15.4. The Kier molecular flexibility index (Phi) is 5.52. The van der Waals surface area contributed by atoms with Crippen molar-refractivity contribution in [2.45, 2.75) is 6.61 Å². The predicted molar refractivity (Wildman–Crippen MR) is 103 cm³/mol. The van der Waals surface area contributed by atoms with Gasteiger partial charge < -0.3 is 20.9 Å². The molecule has 0 spiro atoms. The zero-order chi connectivity index (χ0) is 20.4. The summed E-state index contributed by atoms with van der Waals surface area (Å²) in [5.74, 6) is -1.01. The van der Waals surface area contributed by atoms with Gasteiger partial charge in [0.25, 0.3) is 5.91 Å². The minimum absolute atomic E-state index is 0.0353. The molecule has 0 aliphatic rings. The summed E-state index contributed by atoms with van der Waals surface area (Å²) >= 11 is 7.02. The number of carbonyl (C=O) groups is 2. The molecule has 0 aliphatic heterocycles. The van der Waals surface area contributed by atoms with E-state index in [9.17, 15) is 23.5 Å². The molecule has 3 rings (SSSR count). The number of amides is 3. The standard InChI is InChI=1S/C17H12ClF2N3O4S/c18-12-10(24)6-5-9-11(14(21)25)15(28-13(9)12)23-17(26)22-7-1-3-8(4-2-7)27-16(19)20/h1-6,16,24H,(H2,21,25)(H2,22,23,26). The van der Waals surface area contributed by atoms with E-state index in [4.69, 9.17) is 17.3 Å². The Hall–Kier alpha value is -3.11. The average molecular weight is 428 g/mol. The Balaban J connectivity index is 1.82. The largest absolute Gasteiger partial charge is 0.506 e. The van der Waals surface area contributed by atoms with E-state index in [1.807, 2.05) is 0 Å². The highest BCUT2D eigenvalue weighted by molar-refractivity contribution is 7.24. The Morgan fingerprint density at radius 3 is 2.43 bits per heavy atom. The van der Waals surface area contributed by atoms with Crippen LogP contribution in [-0.4, -0.2) is 23.7 Å². The summed E-state index contributed by atoms with van der Waals surface area (Å²) in [6, 6.07) is 7.35. The van der Waals surface area contributed by atoms with Gasteiger partial charge in [-0.15, -0.1) is 11.3 Å². The number of nitrogens with two attached hydrogens (primary N) is 1. The number of thiophene rings is 1. The molecular formula is C17H12ClF2N3O4S. The smallest absolute Gasteiger partial charge is 0.387 e. The number of halogens is 3. The van der Waals surface area contributed by atoms with Gasteiger partial charge in [0, 0.05) is 11.1 Å². The lowest BCUT2D eigenvalue weighted by Gasteiger charge is -2.08. The number of carbonyl (C=O) groups excluding carboxylic acids is 2. The number of anilines is 2. The van der Waals surface area contributed by atoms with E-state index < -0.39 is 18.5 Å². The zero-order valence-electron chi connectivity index (χ0n) is 13.8. The fourth-order valence-corrected chi connectivity index (χ4v) is 3.85. The van der Waals surface area contributed by atoms with Gasteiger partial charge in [0.15, 0.2) is 0 Å². The molecule has 7 nitrogen and oxygen atoms in total. The number of urea groups is 1. The highest BCUT2D eigenvalue weighted by Crippen LogP contribution is 2.42. The molecule has 3 amide bonds. The van der Waals surface area contributed by atoms with Gasteiger partial charge in [-0.3, -0.25) is 10.1 Å².